The fourth-order valence-corrected chi connectivity index (χ4v) is 3.00. The van der Waals surface area contributed by atoms with Crippen LogP contribution in [0.5, 0.6) is 0 Å². The number of rotatable bonds is 4. The molecule has 1 N–H and O–H groups in total. The lowest BCUT2D eigenvalue weighted by atomic mass is 10.0. The smallest absolute Gasteiger partial charge is 0.158 e. The zero-order valence-corrected chi connectivity index (χ0v) is 14.7. The molecule has 1 fully saturated rings. The second-order valence-corrected chi connectivity index (χ2v) is 6.08. The van der Waals surface area contributed by atoms with Crippen molar-refractivity contribution < 1.29 is 4.74 Å². The normalized spacial score (nSPS) is 13.8. The van der Waals surface area contributed by atoms with Crippen LogP contribution in [0.4, 0.5) is 17.3 Å². The molecule has 0 saturated carbocycles. The lowest BCUT2D eigenvalue weighted by molar-refractivity contribution is 0.123. The van der Waals surface area contributed by atoms with Crippen LogP contribution in [0, 0.1) is 11.3 Å². The van der Waals surface area contributed by atoms with Gasteiger partial charge in [-0.25, -0.2) is 15.0 Å². The summed E-state index contributed by atoms with van der Waals surface area (Å²) in [7, 11) is 0. The zero-order chi connectivity index (χ0) is 18.5. The minimum atomic E-state index is 0.280. The molecule has 0 radical (unpaired) electrons. The molecule has 7 heteroatoms. The summed E-state index contributed by atoms with van der Waals surface area (Å²) in [4.78, 5) is 15.1. The summed E-state index contributed by atoms with van der Waals surface area (Å²) in [5.74, 6) is 1.22. The van der Waals surface area contributed by atoms with E-state index in [1.54, 1.807) is 0 Å². The third-order valence-corrected chi connectivity index (χ3v) is 4.34. The van der Waals surface area contributed by atoms with E-state index in [-0.39, 0.29) is 5.69 Å². The molecule has 27 heavy (non-hydrogen) atoms. The summed E-state index contributed by atoms with van der Waals surface area (Å²) in [6, 6.07) is 14.2. The number of pyridine rings is 1. The topological polar surface area (TPSA) is 87.0 Å². The van der Waals surface area contributed by atoms with Gasteiger partial charge < -0.3 is 15.0 Å². The number of nitriles is 1. The summed E-state index contributed by atoms with van der Waals surface area (Å²) < 4.78 is 5.50. The monoisotopic (exact) mass is 358 g/mol. The Balaban J connectivity index is 1.68. The first-order valence-electron chi connectivity index (χ1n) is 8.71. The van der Waals surface area contributed by atoms with Crippen LogP contribution in [0.3, 0.4) is 0 Å². The van der Waals surface area contributed by atoms with E-state index in [1.807, 2.05) is 36.5 Å². The molecule has 0 unspecified atom stereocenters. The van der Waals surface area contributed by atoms with Gasteiger partial charge in [-0.2, -0.15) is 5.26 Å². The van der Waals surface area contributed by atoms with Crippen molar-refractivity contribution in [2.24, 2.45) is 0 Å². The van der Waals surface area contributed by atoms with E-state index in [2.05, 4.69) is 37.3 Å². The van der Waals surface area contributed by atoms with Crippen molar-refractivity contribution in [2.75, 3.05) is 36.5 Å². The lowest BCUT2D eigenvalue weighted by Crippen LogP contribution is -2.36. The fourth-order valence-electron chi connectivity index (χ4n) is 3.00. The lowest BCUT2D eigenvalue weighted by Gasteiger charge is -2.31. The van der Waals surface area contributed by atoms with E-state index in [4.69, 9.17) is 10.00 Å². The predicted molar refractivity (Wildman–Crippen MR) is 103 cm³/mol. The Kier molecular flexibility index (Phi) is 4.90. The molecular weight excluding hydrogens is 340 g/mol. The summed E-state index contributed by atoms with van der Waals surface area (Å²) in [5, 5.41) is 12.0. The third kappa shape index (κ3) is 3.86. The van der Waals surface area contributed by atoms with Gasteiger partial charge in [-0.1, -0.05) is 30.3 Å². The summed E-state index contributed by atoms with van der Waals surface area (Å²) >= 11 is 0. The minimum Gasteiger partial charge on any atom is -0.378 e. The van der Waals surface area contributed by atoms with E-state index < -0.39 is 0 Å². The van der Waals surface area contributed by atoms with Crippen molar-refractivity contribution in [1.82, 2.24) is 15.0 Å². The molecule has 1 aliphatic rings. The number of ether oxygens (including phenoxy) is 1. The summed E-state index contributed by atoms with van der Waals surface area (Å²) in [5.41, 5.74) is 3.58. The van der Waals surface area contributed by atoms with Gasteiger partial charge in [0.1, 0.15) is 17.7 Å². The molecule has 0 atom stereocenters. The summed E-state index contributed by atoms with van der Waals surface area (Å²) in [6.45, 7) is 3.08. The van der Waals surface area contributed by atoms with Crippen molar-refractivity contribution in [3.8, 4) is 17.2 Å². The van der Waals surface area contributed by atoms with Gasteiger partial charge in [-0.15, -0.1) is 0 Å². The molecule has 0 amide bonds. The van der Waals surface area contributed by atoms with E-state index >= 15 is 0 Å². The minimum absolute atomic E-state index is 0.280. The highest BCUT2D eigenvalue weighted by atomic mass is 16.5. The van der Waals surface area contributed by atoms with Crippen molar-refractivity contribution in [3.05, 3.63) is 60.7 Å². The van der Waals surface area contributed by atoms with E-state index in [1.165, 1.54) is 12.4 Å². The van der Waals surface area contributed by atoms with Crippen molar-refractivity contribution in [1.29, 1.82) is 5.26 Å². The quantitative estimate of drug-likeness (QED) is 0.767. The second kappa shape index (κ2) is 7.81. The first-order chi connectivity index (χ1) is 13.3. The number of benzene rings is 1. The van der Waals surface area contributed by atoms with Crippen LogP contribution in [0.1, 0.15) is 5.69 Å². The van der Waals surface area contributed by atoms with Gasteiger partial charge in [0.05, 0.1) is 25.6 Å². The van der Waals surface area contributed by atoms with Crippen LogP contribution in [0.2, 0.25) is 0 Å². The molecular formula is C20H18N6O. The Morgan fingerprint density at radius 3 is 2.44 bits per heavy atom. The maximum Gasteiger partial charge on any atom is 0.158 e. The molecule has 0 aliphatic carbocycles. The average molecular weight is 358 g/mol. The number of aromatic nitrogens is 3. The molecule has 1 aliphatic heterocycles. The molecule has 4 rings (SSSR count). The highest BCUT2D eigenvalue weighted by Crippen LogP contribution is 2.33. The van der Waals surface area contributed by atoms with Gasteiger partial charge in [-0.3, -0.25) is 0 Å². The number of nitrogens with zero attached hydrogens (tertiary/aromatic N) is 5. The maximum absolute atomic E-state index is 8.84. The van der Waals surface area contributed by atoms with Crippen LogP contribution < -0.4 is 10.2 Å². The Hall–Kier alpha value is -3.50. The van der Waals surface area contributed by atoms with Crippen molar-refractivity contribution >= 4 is 17.3 Å². The number of anilines is 3. The summed E-state index contributed by atoms with van der Waals surface area (Å²) in [6.07, 6.45) is 4.84. The molecule has 7 nitrogen and oxygen atoms in total. The maximum atomic E-state index is 8.84. The Bertz CT molecular complexity index is 946. The second-order valence-electron chi connectivity index (χ2n) is 6.08. The van der Waals surface area contributed by atoms with Gasteiger partial charge in [0.2, 0.25) is 0 Å². The molecule has 3 aromatic rings. The molecule has 1 aromatic carbocycles. The van der Waals surface area contributed by atoms with Crippen molar-refractivity contribution in [3.63, 3.8) is 0 Å². The SMILES string of the molecule is N#Cc1cnc(Nc2cc(N3CCOCC3)c(-c3ccccc3)cn2)cn1. The average Bonchev–Trinajstić information content (AvgIpc) is 2.75. The first kappa shape index (κ1) is 16.9. The Labute approximate surface area is 157 Å². The van der Waals surface area contributed by atoms with E-state index in [0.29, 0.717) is 24.8 Å². The highest BCUT2D eigenvalue weighted by molar-refractivity contribution is 5.80. The fraction of sp³-hybridized carbons (Fsp3) is 0.200. The first-order valence-corrected chi connectivity index (χ1v) is 8.71. The van der Waals surface area contributed by atoms with Crippen LogP contribution in [-0.4, -0.2) is 41.3 Å². The number of morpholine rings is 1. The van der Waals surface area contributed by atoms with Crippen LogP contribution in [0.15, 0.2) is 55.0 Å². The zero-order valence-electron chi connectivity index (χ0n) is 14.7. The van der Waals surface area contributed by atoms with Crippen LogP contribution in [0.25, 0.3) is 11.1 Å². The molecule has 0 bridgehead atoms. The molecule has 134 valence electrons. The van der Waals surface area contributed by atoms with Gasteiger partial charge >= 0.3 is 0 Å². The van der Waals surface area contributed by atoms with E-state index in [9.17, 15) is 0 Å². The number of hydrogen-bond acceptors (Lipinski definition) is 7. The van der Waals surface area contributed by atoms with Crippen LogP contribution in [-0.2, 0) is 4.74 Å². The molecule has 2 aromatic heterocycles. The highest BCUT2D eigenvalue weighted by Gasteiger charge is 2.17. The number of hydrogen-bond donors (Lipinski definition) is 1. The van der Waals surface area contributed by atoms with Gasteiger partial charge in [0.25, 0.3) is 0 Å². The van der Waals surface area contributed by atoms with Crippen LogP contribution >= 0.6 is 0 Å². The molecule has 0 spiro atoms. The largest absolute Gasteiger partial charge is 0.378 e. The Morgan fingerprint density at radius 2 is 1.74 bits per heavy atom. The predicted octanol–water partition coefficient (Wildman–Crippen LogP) is 2.99. The molecule has 3 heterocycles. The third-order valence-electron chi connectivity index (χ3n) is 4.34. The van der Waals surface area contributed by atoms with Gasteiger partial charge in [-0.05, 0) is 5.56 Å². The van der Waals surface area contributed by atoms with Gasteiger partial charge in [0.15, 0.2) is 5.69 Å². The molecule has 1 saturated heterocycles. The Morgan fingerprint density at radius 1 is 0.963 bits per heavy atom. The van der Waals surface area contributed by atoms with Gasteiger partial charge in [0, 0.05) is 36.6 Å². The van der Waals surface area contributed by atoms with E-state index in [0.717, 1.165) is 29.9 Å². The standard InChI is InChI=1S/C20H18N6O/c21-11-16-12-23-20(14-22-16)25-19-10-18(26-6-8-27-9-7-26)17(13-24-19)15-4-2-1-3-5-15/h1-5,10,12-14H,6-9H2,(H,23,24,25). The number of nitrogens with one attached hydrogen (secondary N) is 1. The van der Waals surface area contributed by atoms with Crippen molar-refractivity contribution in [2.45, 2.75) is 0 Å².